The van der Waals surface area contributed by atoms with Crippen molar-refractivity contribution in [2.24, 2.45) is 0 Å². The molecule has 1 aromatic heterocycles. The Labute approximate surface area is 194 Å². The van der Waals surface area contributed by atoms with Crippen LogP contribution in [0.2, 0.25) is 5.02 Å². The molecule has 2 aromatic carbocycles. The van der Waals surface area contributed by atoms with Gasteiger partial charge < -0.3 is 14.4 Å². The summed E-state index contributed by atoms with van der Waals surface area (Å²) in [5, 5.41) is 10.2. The molecule has 0 aliphatic rings. The molecule has 0 saturated heterocycles. The van der Waals surface area contributed by atoms with Crippen LogP contribution in [0, 0.1) is 0 Å². The number of carboxylic acid groups (broad SMARTS) is 1. The first-order valence-electron chi connectivity index (χ1n) is 10.9. The lowest BCUT2D eigenvalue weighted by Gasteiger charge is -2.13. The fraction of sp³-hybridized carbons (Fsp3) is 0.308. The van der Waals surface area contributed by atoms with Gasteiger partial charge in [-0.25, -0.2) is 9.78 Å². The summed E-state index contributed by atoms with van der Waals surface area (Å²) in [7, 11) is 0. The Balaban J connectivity index is 1.69. The van der Waals surface area contributed by atoms with E-state index in [1.165, 1.54) is 6.26 Å². The molecule has 3 rings (SSSR count). The number of imidazole rings is 1. The van der Waals surface area contributed by atoms with Crippen molar-refractivity contribution in [2.45, 2.75) is 51.7 Å². The number of ether oxygens (including phenoxy) is 1. The Morgan fingerprint density at radius 1 is 1.19 bits per heavy atom. The Morgan fingerprint density at radius 2 is 1.94 bits per heavy atom. The summed E-state index contributed by atoms with van der Waals surface area (Å²) in [6.07, 6.45) is 8.24. The predicted molar refractivity (Wildman–Crippen MR) is 127 cm³/mol. The molecule has 0 bridgehead atoms. The van der Waals surface area contributed by atoms with Gasteiger partial charge in [0.05, 0.1) is 12.8 Å². The molecule has 1 unspecified atom stereocenters. The molecule has 0 amide bonds. The standard InChI is InChI=1S/C26H29ClN2O3/c1-2-3-15-25-28-18-22(29(25)19-21-12-7-8-14-23(21)27)13-9-16-32-24(26(30)31)17-20-10-5-4-6-11-20/h4-12,14,16,18,24H,2-3,13,15,17,19H2,1H3,(H,30,31). The van der Waals surface area contributed by atoms with Crippen LogP contribution in [-0.2, 0) is 35.3 Å². The third-order valence-corrected chi connectivity index (χ3v) is 5.64. The van der Waals surface area contributed by atoms with E-state index in [0.29, 0.717) is 19.4 Å². The Hall–Kier alpha value is -3.05. The first-order valence-corrected chi connectivity index (χ1v) is 11.3. The maximum Gasteiger partial charge on any atom is 0.345 e. The Bertz CT molecular complexity index is 1030. The molecule has 0 radical (unpaired) electrons. The molecule has 1 atom stereocenters. The summed E-state index contributed by atoms with van der Waals surface area (Å²) >= 11 is 6.38. The van der Waals surface area contributed by atoms with Gasteiger partial charge in [-0.1, -0.05) is 73.5 Å². The van der Waals surface area contributed by atoms with Crippen molar-refractivity contribution in [3.05, 3.63) is 101 Å². The van der Waals surface area contributed by atoms with Crippen LogP contribution in [-0.4, -0.2) is 26.7 Å². The third kappa shape index (κ3) is 6.72. The number of allylic oxidation sites excluding steroid dienone is 1. The normalized spacial score (nSPS) is 12.2. The van der Waals surface area contributed by atoms with Crippen LogP contribution < -0.4 is 0 Å². The van der Waals surface area contributed by atoms with Gasteiger partial charge in [-0.15, -0.1) is 0 Å². The summed E-state index contributed by atoms with van der Waals surface area (Å²) in [5.41, 5.74) is 3.00. The number of hydrogen-bond acceptors (Lipinski definition) is 3. The van der Waals surface area contributed by atoms with Gasteiger partial charge in [-0.3, -0.25) is 0 Å². The highest BCUT2D eigenvalue weighted by Crippen LogP contribution is 2.19. The number of aliphatic carboxylic acids is 1. The van der Waals surface area contributed by atoms with E-state index in [1.54, 1.807) is 0 Å². The minimum absolute atomic E-state index is 0.312. The maximum atomic E-state index is 11.6. The zero-order valence-corrected chi connectivity index (χ0v) is 19.0. The monoisotopic (exact) mass is 452 g/mol. The van der Waals surface area contributed by atoms with Gasteiger partial charge in [0, 0.05) is 36.2 Å². The van der Waals surface area contributed by atoms with Crippen LogP contribution in [0.3, 0.4) is 0 Å². The summed E-state index contributed by atoms with van der Waals surface area (Å²) in [6, 6.07) is 17.3. The van der Waals surface area contributed by atoms with Crippen LogP contribution in [0.15, 0.2) is 73.1 Å². The number of aryl methyl sites for hydroxylation is 1. The van der Waals surface area contributed by atoms with E-state index in [1.807, 2.05) is 66.9 Å². The van der Waals surface area contributed by atoms with E-state index in [0.717, 1.165) is 46.9 Å². The van der Waals surface area contributed by atoms with Crippen molar-refractivity contribution < 1.29 is 14.6 Å². The Morgan fingerprint density at radius 3 is 2.66 bits per heavy atom. The Kier molecular flexibility index (Phi) is 8.93. The molecule has 0 aliphatic carbocycles. The van der Waals surface area contributed by atoms with E-state index < -0.39 is 12.1 Å². The molecule has 168 valence electrons. The molecule has 32 heavy (non-hydrogen) atoms. The fourth-order valence-electron chi connectivity index (χ4n) is 3.48. The van der Waals surface area contributed by atoms with Gasteiger partial charge in [0.2, 0.25) is 0 Å². The smallest absolute Gasteiger partial charge is 0.345 e. The van der Waals surface area contributed by atoms with Gasteiger partial charge in [-0.2, -0.15) is 0 Å². The average molecular weight is 453 g/mol. The molecule has 3 aromatic rings. The first-order chi connectivity index (χ1) is 15.6. The van der Waals surface area contributed by atoms with Gasteiger partial charge in [-0.05, 0) is 29.7 Å². The lowest BCUT2D eigenvalue weighted by Crippen LogP contribution is -2.24. The zero-order valence-electron chi connectivity index (χ0n) is 18.3. The molecular formula is C26H29ClN2O3. The lowest BCUT2D eigenvalue weighted by molar-refractivity contribution is -0.146. The molecule has 1 N–H and O–H groups in total. The number of halogens is 1. The van der Waals surface area contributed by atoms with E-state index >= 15 is 0 Å². The van der Waals surface area contributed by atoms with Crippen molar-refractivity contribution >= 4 is 17.6 Å². The highest BCUT2D eigenvalue weighted by atomic mass is 35.5. The molecule has 1 heterocycles. The zero-order chi connectivity index (χ0) is 22.8. The molecule has 0 fully saturated rings. The number of rotatable bonds is 12. The molecule has 5 nitrogen and oxygen atoms in total. The lowest BCUT2D eigenvalue weighted by atomic mass is 10.1. The minimum atomic E-state index is -0.982. The van der Waals surface area contributed by atoms with Gasteiger partial charge in [0.25, 0.3) is 0 Å². The van der Waals surface area contributed by atoms with Gasteiger partial charge in [0.15, 0.2) is 6.10 Å². The van der Waals surface area contributed by atoms with Crippen molar-refractivity contribution in [2.75, 3.05) is 0 Å². The number of carbonyl (C=O) groups is 1. The number of carboxylic acids is 1. The first kappa shape index (κ1) is 23.6. The van der Waals surface area contributed by atoms with Crippen LogP contribution in [0.1, 0.15) is 42.4 Å². The van der Waals surface area contributed by atoms with E-state index in [9.17, 15) is 9.90 Å². The molecule has 0 aliphatic heterocycles. The van der Waals surface area contributed by atoms with Crippen molar-refractivity contribution in [1.29, 1.82) is 0 Å². The van der Waals surface area contributed by atoms with Crippen LogP contribution in [0.5, 0.6) is 0 Å². The van der Waals surface area contributed by atoms with Gasteiger partial charge >= 0.3 is 5.97 Å². The summed E-state index contributed by atoms with van der Waals surface area (Å²) in [5.74, 6) is 0.0488. The summed E-state index contributed by atoms with van der Waals surface area (Å²) < 4.78 is 7.74. The van der Waals surface area contributed by atoms with Crippen molar-refractivity contribution in [3.63, 3.8) is 0 Å². The number of nitrogens with zero attached hydrogens (tertiary/aromatic N) is 2. The fourth-order valence-corrected chi connectivity index (χ4v) is 3.68. The van der Waals surface area contributed by atoms with E-state index in [4.69, 9.17) is 16.3 Å². The highest BCUT2D eigenvalue weighted by Gasteiger charge is 2.18. The van der Waals surface area contributed by atoms with Crippen LogP contribution in [0.25, 0.3) is 0 Å². The summed E-state index contributed by atoms with van der Waals surface area (Å²) in [6.45, 7) is 2.81. The molecule has 0 saturated carbocycles. The minimum Gasteiger partial charge on any atom is -0.486 e. The second kappa shape index (κ2) is 12.1. The predicted octanol–water partition coefficient (Wildman–Crippen LogP) is 5.70. The summed E-state index contributed by atoms with van der Waals surface area (Å²) in [4.78, 5) is 16.2. The van der Waals surface area contributed by atoms with E-state index in [-0.39, 0.29) is 0 Å². The second-order valence-corrected chi connectivity index (χ2v) is 8.08. The molecule has 6 heteroatoms. The largest absolute Gasteiger partial charge is 0.486 e. The van der Waals surface area contributed by atoms with Crippen molar-refractivity contribution in [1.82, 2.24) is 9.55 Å². The quantitative estimate of drug-likeness (QED) is 0.358. The maximum absolute atomic E-state index is 11.6. The average Bonchev–Trinajstić information content (AvgIpc) is 3.17. The number of aromatic nitrogens is 2. The van der Waals surface area contributed by atoms with Crippen molar-refractivity contribution in [3.8, 4) is 0 Å². The van der Waals surface area contributed by atoms with Crippen LogP contribution in [0.4, 0.5) is 0 Å². The van der Waals surface area contributed by atoms with Gasteiger partial charge in [0.1, 0.15) is 5.82 Å². The second-order valence-electron chi connectivity index (χ2n) is 7.68. The molecular weight excluding hydrogens is 424 g/mol. The van der Waals surface area contributed by atoms with E-state index in [2.05, 4.69) is 16.5 Å². The third-order valence-electron chi connectivity index (χ3n) is 5.27. The SMILES string of the molecule is CCCCc1ncc(CC=COC(Cc2ccccc2)C(=O)O)n1Cc1ccccc1Cl. The number of hydrogen-bond donors (Lipinski definition) is 1. The number of unbranched alkanes of at least 4 members (excludes halogenated alkanes) is 1. The molecule has 0 spiro atoms. The number of benzene rings is 2. The van der Waals surface area contributed by atoms with Crippen LogP contribution >= 0.6 is 11.6 Å². The topological polar surface area (TPSA) is 64.3 Å². The highest BCUT2D eigenvalue weighted by molar-refractivity contribution is 6.31.